The van der Waals surface area contributed by atoms with Crippen LogP contribution in [0.1, 0.15) is 53.6 Å². The lowest BCUT2D eigenvalue weighted by atomic mass is 9.90. The Bertz CT molecular complexity index is 3860. The van der Waals surface area contributed by atoms with Gasteiger partial charge in [0, 0.05) is 109 Å². The van der Waals surface area contributed by atoms with Crippen molar-refractivity contribution in [1.82, 2.24) is 83.2 Å². The first-order chi connectivity index (χ1) is 37.8. The van der Waals surface area contributed by atoms with Crippen LogP contribution in [0.15, 0.2) is 103 Å². The maximum absolute atomic E-state index is 13.8. The number of fused-ring (bicyclic) bond motifs is 3. The van der Waals surface area contributed by atoms with Crippen molar-refractivity contribution in [3.63, 3.8) is 0 Å². The van der Waals surface area contributed by atoms with E-state index >= 15 is 0 Å². The van der Waals surface area contributed by atoms with Gasteiger partial charge in [-0.25, -0.2) is 9.67 Å². The lowest BCUT2D eigenvalue weighted by molar-refractivity contribution is -0.389. The highest BCUT2D eigenvalue weighted by Crippen LogP contribution is 2.40. The summed E-state index contributed by atoms with van der Waals surface area (Å²) < 4.78 is 14.2. The molecule has 11 rings (SSSR count). The van der Waals surface area contributed by atoms with Crippen LogP contribution in [0, 0.1) is 22.5 Å². The van der Waals surface area contributed by atoms with Gasteiger partial charge in [-0.1, -0.05) is 36.4 Å². The van der Waals surface area contributed by atoms with E-state index in [4.69, 9.17) is 10.7 Å². The van der Waals surface area contributed by atoms with Gasteiger partial charge in [0.05, 0.1) is 28.3 Å². The minimum Gasteiger partial charge on any atom is -0.381 e. The van der Waals surface area contributed by atoms with Gasteiger partial charge in [-0.05, 0) is 115 Å². The molecule has 0 saturated heterocycles. The zero-order valence-electron chi connectivity index (χ0n) is 45.8. The number of halogens is 2. The molecule has 0 bridgehead atoms. The van der Waals surface area contributed by atoms with Crippen LogP contribution in [0.2, 0.25) is 0 Å². The Balaban J connectivity index is 0.000000178. The average Bonchev–Trinajstić information content (AvgIpc) is 4.29. The van der Waals surface area contributed by atoms with Crippen LogP contribution in [-0.2, 0) is 75.1 Å². The number of carbonyl (C=O) groups excluding carboxylic acids is 1. The summed E-state index contributed by atoms with van der Waals surface area (Å²) in [6.45, 7) is 9.90. The molecule has 0 spiro atoms. The van der Waals surface area contributed by atoms with Crippen molar-refractivity contribution < 1.29 is 9.72 Å². The van der Waals surface area contributed by atoms with Crippen LogP contribution >= 0.6 is 31.9 Å². The number of nitrogen functional groups attached to an aromatic ring is 1. The van der Waals surface area contributed by atoms with Crippen LogP contribution in [0.4, 0.5) is 40.5 Å². The van der Waals surface area contributed by atoms with Gasteiger partial charge in [0.25, 0.3) is 22.6 Å². The molecular weight excluding hydrogens is 1160 g/mol. The Morgan fingerprint density at radius 2 is 1.27 bits per heavy atom. The first kappa shape index (κ1) is 58.7. The van der Waals surface area contributed by atoms with E-state index in [0.717, 1.165) is 51.8 Å². The van der Waals surface area contributed by atoms with E-state index in [1.807, 2.05) is 30.2 Å². The molecule has 9 aromatic heterocycles. The SMILES string of the molecule is CCc1c(-c2cc(Nc3cn(C)nn3)c(=O)n(C)c2)ccnc1N1CCn2c(cc3c2CC(C)(C)C3)C1=O.Cc1cc(Nc2cn(C)nn2)c(=O)n(C)c1.Cn1cc(Br)cc(Br)c1=O.Cn1cc(N)nn1.Cn1cc([N+](=O)[O-])nn1. The van der Waals surface area contributed by atoms with Crippen molar-refractivity contribution in [3.05, 3.63) is 158 Å². The number of rotatable bonds is 8. The summed E-state index contributed by atoms with van der Waals surface area (Å²) in [5.74, 6) is 1.96. The maximum Gasteiger partial charge on any atom is 0.410 e. The summed E-state index contributed by atoms with van der Waals surface area (Å²) >= 11 is 6.39. The van der Waals surface area contributed by atoms with E-state index in [1.54, 1.807) is 117 Å². The van der Waals surface area contributed by atoms with E-state index in [0.29, 0.717) is 52.1 Å². The predicted molar refractivity (Wildman–Crippen MR) is 307 cm³/mol. The van der Waals surface area contributed by atoms with Gasteiger partial charge in [-0.15, -0.1) is 15.3 Å². The summed E-state index contributed by atoms with van der Waals surface area (Å²) in [5.41, 5.74) is 13.2. The lowest BCUT2D eigenvalue weighted by Crippen LogP contribution is -2.41. The third-order valence-electron chi connectivity index (χ3n) is 12.3. The first-order valence-corrected chi connectivity index (χ1v) is 26.2. The molecule has 30 heteroatoms. The van der Waals surface area contributed by atoms with Crippen LogP contribution < -0.4 is 37.9 Å². The Kier molecular flexibility index (Phi) is 18.2. The largest absolute Gasteiger partial charge is 0.410 e. The van der Waals surface area contributed by atoms with E-state index in [2.05, 4.69) is 115 Å². The average molecular weight is 1220 g/mol. The normalized spacial score (nSPS) is 12.8. The van der Waals surface area contributed by atoms with Gasteiger partial charge in [0.15, 0.2) is 17.5 Å². The van der Waals surface area contributed by atoms with Crippen molar-refractivity contribution in [3.8, 4) is 11.1 Å². The fourth-order valence-corrected chi connectivity index (χ4v) is 10.2. The number of carbonyl (C=O) groups is 1. The van der Waals surface area contributed by atoms with Crippen molar-refractivity contribution in [2.45, 2.75) is 53.5 Å². The van der Waals surface area contributed by atoms with Crippen molar-refractivity contribution >= 4 is 78.2 Å². The fourth-order valence-electron chi connectivity index (χ4n) is 8.87. The van der Waals surface area contributed by atoms with E-state index in [1.165, 1.54) is 31.3 Å². The van der Waals surface area contributed by atoms with E-state index in [9.17, 15) is 29.3 Å². The predicted octanol–water partition coefficient (Wildman–Crippen LogP) is 5.07. The molecule has 10 heterocycles. The quantitative estimate of drug-likeness (QED) is 0.132. The molecule has 1 aliphatic carbocycles. The molecule has 80 heavy (non-hydrogen) atoms. The van der Waals surface area contributed by atoms with Crippen LogP contribution in [0.25, 0.3) is 11.1 Å². The number of nitrogens with one attached hydrogen (secondary N) is 2. The number of pyridine rings is 4. The summed E-state index contributed by atoms with van der Waals surface area (Å²) in [6, 6.07) is 9.37. The summed E-state index contributed by atoms with van der Waals surface area (Å²) in [7, 11) is 12.0. The third-order valence-corrected chi connectivity index (χ3v) is 13.3. The number of amides is 1. The Labute approximate surface area is 474 Å². The van der Waals surface area contributed by atoms with Crippen molar-refractivity contribution in [2.24, 2.45) is 54.7 Å². The third kappa shape index (κ3) is 14.2. The van der Waals surface area contributed by atoms with Crippen LogP contribution in [-0.4, -0.2) is 101 Å². The molecule has 1 amide bonds. The molecule has 9 aromatic rings. The van der Waals surface area contributed by atoms with Crippen molar-refractivity contribution in [2.75, 3.05) is 27.8 Å². The maximum atomic E-state index is 13.8. The second kappa shape index (κ2) is 24.8. The number of aromatic nitrogens is 17. The molecule has 28 nitrogen and oxygen atoms in total. The number of nitro groups is 1. The van der Waals surface area contributed by atoms with Gasteiger partial charge in [-0.2, -0.15) is 0 Å². The number of hydrogen-bond donors (Lipinski definition) is 3. The topological polar surface area (TPSA) is 320 Å². The standard InChI is InChI=1S/C28H32N8O2.C10H13N5O.C6H5Br2NO.C3H4N4O2.C3H6N4/c1-6-19-20(18-11-21(26(37)33(4)15-18)30-24-16-34(5)32-31-24)7-8-29-25(19)36-10-9-35-22(27(36)38)12-17-13-28(2,3)14-23(17)35;1-7-4-8(10(16)14(2)5-7)11-9-6-15(3)13-12-9;1-9-3-4(7)2-5(8)6(9)10;1-6-2-3(4-5-6)7(8)9;1-7-2-3(4)5-6-7/h7-8,11-12,15-16,30H,6,9-10,13-14H2,1-5H3;4-6,11H,1-3H3;2-3H,1H3;2H,1H3;2H,4H2,1H3. The summed E-state index contributed by atoms with van der Waals surface area (Å²) in [4.78, 5) is 65.2. The Morgan fingerprint density at radius 3 is 1.79 bits per heavy atom. The molecule has 420 valence electrons. The van der Waals surface area contributed by atoms with Crippen LogP contribution in [0.3, 0.4) is 0 Å². The highest BCUT2D eigenvalue weighted by Gasteiger charge is 2.37. The van der Waals surface area contributed by atoms with Gasteiger partial charge < -0.3 is 44.7 Å². The summed E-state index contributed by atoms with van der Waals surface area (Å²) in [6.07, 6.45) is 16.0. The number of anilines is 6. The molecule has 0 atom stereocenters. The molecule has 0 saturated carbocycles. The molecule has 4 N–H and O–H groups in total. The minimum atomic E-state index is -0.590. The second-order valence-electron chi connectivity index (χ2n) is 19.6. The molecule has 1 aliphatic heterocycles. The molecule has 0 aromatic carbocycles. The molecular formula is C50H60Br2N22O6. The second-order valence-corrected chi connectivity index (χ2v) is 21.4. The Morgan fingerprint density at radius 1 is 0.700 bits per heavy atom. The van der Waals surface area contributed by atoms with E-state index < -0.39 is 4.92 Å². The first-order valence-electron chi connectivity index (χ1n) is 24.6. The summed E-state index contributed by atoms with van der Waals surface area (Å²) in [5, 5.41) is 45.2. The zero-order valence-corrected chi connectivity index (χ0v) is 49.0. The monoisotopic (exact) mass is 1220 g/mol. The minimum absolute atomic E-state index is 0.00623. The highest BCUT2D eigenvalue weighted by atomic mass is 79.9. The van der Waals surface area contributed by atoms with Crippen molar-refractivity contribution in [1.29, 1.82) is 0 Å². The number of nitrogens with zero attached hydrogens (tertiary/aromatic N) is 19. The van der Waals surface area contributed by atoms with Crippen LogP contribution in [0.5, 0.6) is 0 Å². The molecule has 0 fully saturated rings. The Hall–Kier alpha value is -8.93. The van der Waals surface area contributed by atoms with Gasteiger partial charge in [-0.3, -0.25) is 38.1 Å². The number of nitrogens with two attached hydrogens (primary N) is 1. The zero-order chi connectivity index (χ0) is 58.3. The number of aryl methyl sites for hydroxylation is 8. The lowest BCUT2D eigenvalue weighted by Gasteiger charge is -2.31. The highest BCUT2D eigenvalue weighted by molar-refractivity contribution is 9.11. The van der Waals surface area contributed by atoms with Gasteiger partial charge in [0.1, 0.15) is 34.2 Å². The smallest absolute Gasteiger partial charge is 0.381 e. The van der Waals surface area contributed by atoms with Gasteiger partial charge in [0.2, 0.25) is 0 Å². The molecule has 0 unspecified atom stereocenters. The molecule has 0 radical (unpaired) electrons. The molecule has 2 aliphatic rings. The fraction of sp³-hybridized carbons (Fsp3) is 0.340. The number of hydrogen-bond acceptors (Lipinski definition) is 18. The van der Waals surface area contributed by atoms with Gasteiger partial charge >= 0.3 is 5.82 Å². The van der Waals surface area contributed by atoms with E-state index in [-0.39, 0.29) is 33.8 Å².